The highest BCUT2D eigenvalue weighted by Crippen LogP contribution is 2.38. The number of hydrogen-bond acceptors (Lipinski definition) is 4. The number of nitrogens with zero attached hydrogens (tertiary/aromatic N) is 1. The van der Waals surface area contributed by atoms with Crippen molar-refractivity contribution in [3.63, 3.8) is 0 Å². The summed E-state index contributed by atoms with van der Waals surface area (Å²) in [5, 5.41) is 0. The maximum atomic E-state index is 12.9. The minimum Gasteiger partial charge on any atom is -0.348 e. The van der Waals surface area contributed by atoms with Gasteiger partial charge in [0.1, 0.15) is 0 Å². The van der Waals surface area contributed by atoms with Gasteiger partial charge in [0.2, 0.25) is 10.0 Å². The molecular formula is C16H22INO4S. The number of halogens is 1. The average molecular weight is 451 g/mol. The molecule has 0 N–H and O–H groups in total. The number of ether oxygens (including phenoxy) is 2. The molecule has 3 rings (SSSR count). The number of benzene rings is 1. The molecule has 128 valence electrons. The number of aryl methyl sites for hydroxylation is 1. The summed E-state index contributed by atoms with van der Waals surface area (Å²) in [7, 11) is -3.52. The van der Waals surface area contributed by atoms with Crippen molar-refractivity contribution in [2.45, 2.75) is 30.4 Å². The van der Waals surface area contributed by atoms with Crippen molar-refractivity contribution in [3.8, 4) is 0 Å². The predicted octanol–water partition coefficient (Wildman–Crippen LogP) is 2.57. The summed E-state index contributed by atoms with van der Waals surface area (Å²) in [4.78, 5) is 0.334. The molecule has 1 aromatic carbocycles. The predicted molar refractivity (Wildman–Crippen MR) is 96.2 cm³/mol. The number of rotatable bonds is 3. The van der Waals surface area contributed by atoms with Crippen molar-refractivity contribution in [2.24, 2.45) is 5.92 Å². The third-order valence-corrected chi connectivity index (χ3v) is 7.41. The Morgan fingerprint density at radius 3 is 2.39 bits per heavy atom. The monoisotopic (exact) mass is 451 g/mol. The van der Waals surface area contributed by atoms with Gasteiger partial charge in [0.25, 0.3) is 0 Å². The van der Waals surface area contributed by atoms with Crippen LogP contribution in [0.5, 0.6) is 0 Å². The Labute approximate surface area is 151 Å². The molecule has 1 aromatic rings. The van der Waals surface area contributed by atoms with Crippen LogP contribution in [0.25, 0.3) is 0 Å². The molecule has 2 heterocycles. The Hall–Kier alpha value is -0.220. The zero-order valence-electron chi connectivity index (χ0n) is 13.2. The first-order chi connectivity index (χ1) is 11.0. The first-order valence-corrected chi connectivity index (χ1v) is 10.9. The molecular weight excluding hydrogens is 429 g/mol. The molecule has 5 nitrogen and oxygen atoms in total. The average Bonchev–Trinajstić information content (AvgIpc) is 2.73. The lowest BCUT2D eigenvalue weighted by molar-refractivity contribution is -0.232. The van der Waals surface area contributed by atoms with Crippen molar-refractivity contribution in [1.82, 2.24) is 4.31 Å². The van der Waals surface area contributed by atoms with Gasteiger partial charge in [-0.05, 0) is 31.9 Å². The fourth-order valence-electron chi connectivity index (χ4n) is 3.10. The van der Waals surface area contributed by atoms with Gasteiger partial charge in [-0.1, -0.05) is 40.3 Å². The van der Waals surface area contributed by atoms with E-state index in [0.717, 1.165) is 22.8 Å². The van der Waals surface area contributed by atoms with Crippen LogP contribution in [-0.2, 0) is 19.5 Å². The van der Waals surface area contributed by atoms with Crippen molar-refractivity contribution < 1.29 is 17.9 Å². The van der Waals surface area contributed by atoms with E-state index in [0.29, 0.717) is 24.7 Å². The van der Waals surface area contributed by atoms with E-state index in [4.69, 9.17) is 9.47 Å². The Morgan fingerprint density at radius 1 is 1.22 bits per heavy atom. The fourth-order valence-corrected chi connectivity index (χ4v) is 5.55. The molecule has 7 heteroatoms. The highest BCUT2D eigenvalue weighted by Gasteiger charge is 2.52. The lowest BCUT2D eigenvalue weighted by Gasteiger charge is -2.32. The summed E-state index contributed by atoms with van der Waals surface area (Å²) in [5.41, 5.74) is 1.04. The number of hydrogen-bond donors (Lipinski definition) is 0. The van der Waals surface area contributed by atoms with Crippen LogP contribution in [0.2, 0.25) is 0 Å². The third kappa shape index (κ3) is 3.44. The summed E-state index contributed by atoms with van der Waals surface area (Å²) in [5.74, 6) is -0.725. The van der Waals surface area contributed by atoms with Gasteiger partial charge in [0.05, 0.1) is 24.7 Å². The normalized spacial score (nSPS) is 25.6. The van der Waals surface area contributed by atoms with E-state index in [1.54, 1.807) is 12.1 Å². The van der Waals surface area contributed by atoms with E-state index in [1.807, 2.05) is 19.1 Å². The summed E-state index contributed by atoms with van der Waals surface area (Å²) in [6.07, 6.45) is 1.92. The maximum absolute atomic E-state index is 12.9. The van der Waals surface area contributed by atoms with E-state index in [-0.39, 0.29) is 12.5 Å². The van der Waals surface area contributed by atoms with E-state index in [1.165, 1.54) is 4.31 Å². The van der Waals surface area contributed by atoms with Crippen molar-refractivity contribution in [2.75, 3.05) is 30.7 Å². The minimum atomic E-state index is -3.52. The van der Waals surface area contributed by atoms with Gasteiger partial charge in [-0.2, -0.15) is 4.31 Å². The molecule has 2 fully saturated rings. The highest BCUT2D eigenvalue weighted by atomic mass is 127. The fraction of sp³-hybridized carbons (Fsp3) is 0.625. The molecule has 1 spiro atoms. The van der Waals surface area contributed by atoms with Crippen LogP contribution in [0.4, 0.5) is 0 Å². The Morgan fingerprint density at radius 2 is 1.83 bits per heavy atom. The molecule has 1 atom stereocenters. The quantitative estimate of drug-likeness (QED) is 0.524. The van der Waals surface area contributed by atoms with Gasteiger partial charge in [-0.3, -0.25) is 0 Å². The van der Waals surface area contributed by atoms with Gasteiger partial charge in [0, 0.05) is 16.9 Å². The number of sulfonamides is 1. The molecule has 23 heavy (non-hydrogen) atoms. The second kappa shape index (κ2) is 6.95. The van der Waals surface area contributed by atoms with E-state index in [2.05, 4.69) is 22.6 Å². The summed E-state index contributed by atoms with van der Waals surface area (Å²) < 4.78 is 40.2. The minimum absolute atomic E-state index is 0.0569. The zero-order valence-corrected chi connectivity index (χ0v) is 16.2. The summed E-state index contributed by atoms with van der Waals surface area (Å²) >= 11 is 2.29. The first-order valence-electron chi connectivity index (χ1n) is 7.89. The molecule has 0 saturated carbocycles. The van der Waals surface area contributed by atoms with E-state index >= 15 is 0 Å². The molecule has 1 unspecified atom stereocenters. The SMILES string of the molecule is Cc1ccc(S(=O)(=O)N2CC(CI)C3(C2)OCCCCO3)cc1. The lowest BCUT2D eigenvalue weighted by atomic mass is 10.1. The molecule has 0 amide bonds. The van der Waals surface area contributed by atoms with Crippen LogP contribution in [0.15, 0.2) is 29.2 Å². The lowest BCUT2D eigenvalue weighted by Crippen LogP contribution is -2.44. The Bertz CT molecular complexity index is 639. The Kier molecular flexibility index (Phi) is 5.32. The number of alkyl halides is 1. The molecule has 0 bridgehead atoms. The smallest absolute Gasteiger partial charge is 0.243 e. The molecule has 2 saturated heterocycles. The van der Waals surface area contributed by atoms with Crippen LogP contribution in [0.1, 0.15) is 18.4 Å². The van der Waals surface area contributed by atoms with Crippen LogP contribution >= 0.6 is 22.6 Å². The second-order valence-electron chi connectivity index (χ2n) is 6.18. The molecule has 0 aromatic heterocycles. The van der Waals surface area contributed by atoms with Crippen molar-refractivity contribution in [1.29, 1.82) is 0 Å². The van der Waals surface area contributed by atoms with E-state index < -0.39 is 15.8 Å². The van der Waals surface area contributed by atoms with Crippen molar-refractivity contribution >= 4 is 32.6 Å². The zero-order chi connectivity index (χ0) is 16.5. The van der Waals surface area contributed by atoms with Crippen LogP contribution in [-0.4, -0.2) is 49.2 Å². The van der Waals surface area contributed by atoms with Gasteiger partial charge in [-0.15, -0.1) is 0 Å². The van der Waals surface area contributed by atoms with Gasteiger partial charge < -0.3 is 9.47 Å². The van der Waals surface area contributed by atoms with Crippen LogP contribution < -0.4 is 0 Å². The van der Waals surface area contributed by atoms with E-state index in [9.17, 15) is 8.42 Å². The largest absolute Gasteiger partial charge is 0.348 e. The third-order valence-electron chi connectivity index (χ3n) is 4.52. The summed E-state index contributed by atoms with van der Waals surface area (Å²) in [6.45, 7) is 3.92. The topological polar surface area (TPSA) is 55.8 Å². The first kappa shape index (κ1) is 17.6. The standard InChI is InChI=1S/C16H22INO4S/c1-13-4-6-15(7-5-13)23(19,20)18-11-14(10-17)16(12-18)21-8-2-3-9-22-16/h4-7,14H,2-3,8-12H2,1H3. The second-order valence-corrected chi connectivity index (χ2v) is 9.00. The van der Waals surface area contributed by atoms with Crippen LogP contribution in [0.3, 0.4) is 0 Å². The molecule has 2 aliphatic heterocycles. The molecule has 2 aliphatic rings. The maximum Gasteiger partial charge on any atom is 0.243 e. The van der Waals surface area contributed by atoms with Gasteiger partial charge in [0.15, 0.2) is 5.79 Å². The van der Waals surface area contributed by atoms with Crippen LogP contribution in [0, 0.1) is 12.8 Å². The highest BCUT2D eigenvalue weighted by molar-refractivity contribution is 14.1. The Balaban J connectivity index is 1.87. The van der Waals surface area contributed by atoms with Gasteiger partial charge >= 0.3 is 0 Å². The molecule has 0 radical (unpaired) electrons. The van der Waals surface area contributed by atoms with Gasteiger partial charge in [-0.25, -0.2) is 8.42 Å². The van der Waals surface area contributed by atoms with Crippen molar-refractivity contribution in [3.05, 3.63) is 29.8 Å². The summed E-state index contributed by atoms with van der Waals surface area (Å²) in [6, 6.07) is 6.99. The molecule has 0 aliphatic carbocycles.